The Morgan fingerprint density at radius 2 is 1.36 bits per heavy atom. The third kappa shape index (κ3) is 11.9. The summed E-state index contributed by atoms with van der Waals surface area (Å²) < 4.78 is 5.36. The molecule has 0 radical (unpaired) electrons. The van der Waals surface area contributed by atoms with Crippen LogP contribution in [0, 0.1) is 0 Å². The highest BCUT2D eigenvalue weighted by Gasteiger charge is 2.15. The fourth-order valence-electron chi connectivity index (χ4n) is 3.11. The standard InChI is InChI=1S/C21H40N2O2/c1-3-5-7-8-9-10-11-12-13-14-18-25-21(24)19-23-17-16-22(20-23)15-6-4-2/h16-17H,3-15,18-20H2,1-2H3. The molecule has 0 N–H and O–H groups in total. The molecule has 0 fully saturated rings. The van der Waals surface area contributed by atoms with Gasteiger partial charge in [0.15, 0.2) is 0 Å². The van der Waals surface area contributed by atoms with Crippen LogP contribution in [-0.4, -0.2) is 42.1 Å². The van der Waals surface area contributed by atoms with Crippen LogP contribution in [0.15, 0.2) is 12.4 Å². The van der Waals surface area contributed by atoms with E-state index in [-0.39, 0.29) is 5.97 Å². The lowest BCUT2D eigenvalue weighted by molar-refractivity contribution is -0.144. The van der Waals surface area contributed by atoms with Crippen LogP contribution in [0.4, 0.5) is 0 Å². The van der Waals surface area contributed by atoms with Crippen LogP contribution >= 0.6 is 0 Å². The van der Waals surface area contributed by atoms with Crippen LogP contribution in [0.3, 0.4) is 0 Å². The molecule has 4 nitrogen and oxygen atoms in total. The molecule has 146 valence electrons. The van der Waals surface area contributed by atoms with Gasteiger partial charge in [-0.05, 0) is 12.8 Å². The first-order chi connectivity index (χ1) is 12.3. The van der Waals surface area contributed by atoms with Crippen LogP contribution in [0.25, 0.3) is 0 Å². The van der Waals surface area contributed by atoms with Gasteiger partial charge in [-0.15, -0.1) is 0 Å². The summed E-state index contributed by atoms with van der Waals surface area (Å²) in [5.74, 6) is -0.0992. The number of hydrogen-bond acceptors (Lipinski definition) is 4. The largest absolute Gasteiger partial charge is 0.464 e. The van der Waals surface area contributed by atoms with E-state index < -0.39 is 0 Å². The molecule has 0 aliphatic carbocycles. The molecule has 1 heterocycles. The van der Waals surface area contributed by atoms with Crippen molar-refractivity contribution in [3.8, 4) is 0 Å². The molecule has 0 unspecified atom stereocenters. The molecule has 0 bridgehead atoms. The molecule has 4 heteroatoms. The summed E-state index contributed by atoms with van der Waals surface area (Å²) in [6.07, 6.45) is 19.5. The normalized spacial score (nSPS) is 13.7. The first-order valence-electron chi connectivity index (χ1n) is 10.6. The zero-order valence-corrected chi connectivity index (χ0v) is 16.7. The Labute approximate surface area is 155 Å². The van der Waals surface area contributed by atoms with Crippen molar-refractivity contribution in [2.45, 2.75) is 90.9 Å². The molecule has 0 spiro atoms. The highest BCUT2D eigenvalue weighted by atomic mass is 16.5. The van der Waals surface area contributed by atoms with Gasteiger partial charge in [0, 0.05) is 18.9 Å². The third-order valence-electron chi connectivity index (χ3n) is 4.74. The minimum absolute atomic E-state index is 0.0992. The summed E-state index contributed by atoms with van der Waals surface area (Å²) in [5, 5.41) is 0. The van der Waals surface area contributed by atoms with E-state index in [9.17, 15) is 4.79 Å². The molecule has 0 amide bonds. The monoisotopic (exact) mass is 352 g/mol. The van der Waals surface area contributed by atoms with Crippen molar-refractivity contribution < 1.29 is 9.53 Å². The number of carbonyl (C=O) groups excluding carboxylic acids is 1. The van der Waals surface area contributed by atoms with E-state index in [4.69, 9.17) is 4.74 Å². The first-order valence-corrected chi connectivity index (χ1v) is 10.6. The Morgan fingerprint density at radius 3 is 2.00 bits per heavy atom. The number of carbonyl (C=O) groups is 1. The lowest BCUT2D eigenvalue weighted by Crippen LogP contribution is -2.31. The second-order valence-corrected chi connectivity index (χ2v) is 7.25. The highest BCUT2D eigenvalue weighted by Crippen LogP contribution is 2.11. The molecule has 0 saturated carbocycles. The summed E-state index contributed by atoms with van der Waals surface area (Å²) >= 11 is 0. The molecule has 0 saturated heterocycles. The van der Waals surface area contributed by atoms with Crippen molar-refractivity contribution in [3.05, 3.63) is 12.4 Å². The van der Waals surface area contributed by atoms with Crippen molar-refractivity contribution >= 4 is 5.97 Å². The number of unbranched alkanes of at least 4 members (excludes halogenated alkanes) is 10. The van der Waals surface area contributed by atoms with Gasteiger partial charge < -0.3 is 14.5 Å². The number of nitrogens with zero attached hydrogens (tertiary/aromatic N) is 2. The summed E-state index contributed by atoms with van der Waals surface area (Å²) in [5.41, 5.74) is 0. The number of ether oxygens (including phenoxy) is 1. The second-order valence-electron chi connectivity index (χ2n) is 7.25. The average Bonchev–Trinajstić information content (AvgIpc) is 3.05. The van der Waals surface area contributed by atoms with E-state index in [1.807, 2.05) is 11.1 Å². The van der Waals surface area contributed by atoms with Gasteiger partial charge in [0.2, 0.25) is 0 Å². The predicted molar refractivity (Wildman–Crippen MR) is 105 cm³/mol. The molecule has 25 heavy (non-hydrogen) atoms. The fourth-order valence-corrected chi connectivity index (χ4v) is 3.11. The van der Waals surface area contributed by atoms with Crippen LogP contribution in [-0.2, 0) is 9.53 Å². The lowest BCUT2D eigenvalue weighted by Gasteiger charge is -2.20. The van der Waals surface area contributed by atoms with Crippen molar-refractivity contribution in [3.63, 3.8) is 0 Å². The molecular weight excluding hydrogens is 312 g/mol. The molecule has 0 aromatic rings. The van der Waals surface area contributed by atoms with E-state index in [0.717, 1.165) is 19.6 Å². The Bertz CT molecular complexity index is 358. The third-order valence-corrected chi connectivity index (χ3v) is 4.74. The van der Waals surface area contributed by atoms with Crippen molar-refractivity contribution in [2.24, 2.45) is 0 Å². The highest BCUT2D eigenvalue weighted by molar-refractivity contribution is 5.71. The number of esters is 1. The predicted octanol–water partition coefficient (Wildman–Crippen LogP) is 5.30. The maximum absolute atomic E-state index is 11.9. The minimum atomic E-state index is -0.0992. The van der Waals surface area contributed by atoms with E-state index in [2.05, 4.69) is 24.9 Å². The minimum Gasteiger partial charge on any atom is -0.464 e. The average molecular weight is 353 g/mol. The molecular formula is C21H40N2O2. The second kappa shape index (κ2) is 15.1. The summed E-state index contributed by atoms with van der Waals surface area (Å²) in [4.78, 5) is 16.1. The van der Waals surface area contributed by atoms with Crippen molar-refractivity contribution in [1.29, 1.82) is 0 Å². The van der Waals surface area contributed by atoms with Gasteiger partial charge in [0.25, 0.3) is 0 Å². The summed E-state index contributed by atoms with van der Waals surface area (Å²) in [7, 11) is 0. The molecule has 1 rings (SSSR count). The Kier molecular flexibility index (Phi) is 13.2. The van der Waals surface area contributed by atoms with Crippen LogP contribution in [0.2, 0.25) is 0 Å². The molecule has 0 aromatic carbocycles. The quantitative estimate of drug-likeness (QED) is 0.279. The van der Waals surface area contributed by atoms with Gasteiger partial charge in [0.05, 0.1) is 13.3 Å². The molecule has 0 aromatic heterocycles. The first kappa shape index (κ1) is 21.9. The van der Waals surface area contributed by atoms with E-state index in [0.29, 0.717) is 13.2 Å². The zero-order valence-electron chi connectivity index (χ0n) is 16.7. The Balaban J connectivity index is 1.87. The maximum Gasteiger partial charge on any atom is 0.325 e. The lowest BCUT2D eigenvalue weighted by atomic mass is 10.1. The van der Waals surface area contributed by atoms with Crippen LogP contribution in [0.5, 0.6) is 0 Å². The van der Waals surface area contributed by atoms with Crippen molar-refractivity contribution in [2.75, 3.05) is 26.4 Å². The van der Waals surface area contributed by atoms with Gasteiger partial charge in [-0.2, -0.15) is 0 Å². The van der Waals surface area contributed by atoms with Gasteiger partial charge >= 0.3 is 5.97 Å². The Morgan fingerprint density at radius 1 is 0.800 bits per heavy atom. The van der Waals surface area contributed by atoms with Gasteiger partial charge in [0.1, 0.15) is 6.54 Å². The molecule has 1 aliphatic heterocycles. The van der Waals surface area contributed by atoms with E-state index in [1.54, 1.807) is 0 Å². The maximum atomic E-state index is 11.9. The summed E-state index contributed by atoms with van der Waals surface area (Å²) in [6.45, 7) is 7.28. The van der Waals surface area contributed by atoms with Crippen LogP contribution < -0.4 is 0 Å². The Hall–Kier alpha value is -1.19. The van der Waals surface area contributed by atoms with E-state index >= 15 is 0 Å². The van der Waals surface area contributed by atoms with Gasteiger partial charge in [-0.3, -0.25) is 4.79 Å². The SMILES string of the molecule is CCCCCCCCCCCCOC(=O)CN1C=CN(CCCC)C1. The van der Waals surface area contributed by atoms with Gasteiger partial charge in [-0.25, -0.2) is 0 Å². The zero-order chi connectivity index (χ0) is 18.2. The van der Waals surface area contributed by atoms with Gasteiger partial charge in [-0.1, -0.05) is 78.1 Å². The molecule has 1 aliphatic rings. The van der Waals surface area contributed by atoms with E-state index in [1.165, 1.54) is 70.6 Å². The number of rotatable bonds is 16. The van der Waals surface area contributed by atoms with Crippen LogP contribution in [0.1, 0.15) is 90.9 Å². The van der Waals surface area contributed by atoms with Crippen molar-refractivity contribution in [1.82, 2.24) is 9.80 Å². The summed E-state index contributed by atoms with van der Waals surface area (Å²) in [6, 6.07) is 0. The number of hydrogen-bond donors (Lipinski definition) is 0. The fraction of sp³-hybridized carbons (Fsp3) is 0.857. The molecule has 0 atom stereocenters. The topological polar surface area (TPSA) is 32.8 Å². The smallest absolute Gasteiger partial charge is 0.325 e.